The number of nitrogens with zero attached hydrogens (tertiary/aromatic N) is 4. The van der Waals surface area contributed by atoms with Gasteiger partial charge in [-0.25, -0.2) is 14.2 Å². The van der Waals surface area contributed by atoms with Crippen molar-refractivity contribution in [3.05, 3.63) is 53.2 Å². The molecule has 1 aliphatic heterocycles. The number of rotatable bonds is 5. The molecule has 0 saturated carbocycles. The highest BCUT2D eigenvalue weighted by atomic mass is 19.1. The van der Waals surface area contributed by atoms with E-state index in [1.807, 2.05) is 13.8 Å². The Morgan fingerprint density at radius 3 is 2.96 bits per heavy atom. The fraction of sp³-hybridized carbons (Fsp3) is 0.400. The second-order valence-electron chi connectivity index (χ2n) is 7.11. The predicted molar refractivity (Wildman–Crippen MR) is 98.1 cm³/mol. The van der Waals surface area contributed by atoms with Gasteiger partial charge in [-0.15, -0.1) is 10.2 Å². The lowest BCUT2D eigenvalue weighted by molar-refractivity contribution is 0.0430. The first-order valence-corrected chi connectivity index (χ1v) is 9.37. The molecule has 0 fully saturated rings. The fourth-order valence-corrected chi connectivity index (χ4v) is 3.49. The maximum Gasteiger partial charge on any atom is 0.359 e. The first-order valence-electron chi connectivity index (χ1n) is 9.37. The summed E-state index contributed by atoms with van der Waals surface area (Å²) >= 11 is 0. The second-order valence-corrected chi connectivity index (χ2v) is 7.11. The fourth-order valence-electron chi connectivity index (χ4n) is 3.49. The first-order chi connectivity index (χ1) is 13.5. The zero-order chi connectivity index (χ0) is 19.7. The number of imidazole rings is 1. The number of esters is 1. The number of halogens is 1. The molecule has 1 aromatic carbocycles. The Morgan fingerprint density at radius 1 is 1.32 bits per heavy atom. The zero-order valence-corrected chi connectivity index (χ0v) is 15.8. The van der Waals surface area contributed by atoms with Crippen LogP contribution in [-0.2, 0) is 24.3 Å². The van der Waals surface area contributed by atoms with Crippen LogP contribution in [0.25, 0.3) is 11.5 Å². The van der Waals surface area contributed by atoms with E-state index in [2.05, 4.69) is 19.7 Å². The minimum absolute atomic E-state index is 0.141. The van der Waals surface area contributed by atoms with Crippen molar-refractivity contribution in [3.8, 4) is 11.5 Å². The molecule has 1 aliphatic rings. The van der Waals surface area contributed by atoms with Gasteiger partial charge in [-0.05, 0) is 37.0 Å². The molecule has 0 N–H and O–H groups in total. The van der Waals surface area contributed by atoms with Gasteiger partial charge in [0.2, 0.25) is 5.89 Å². The third kappa shape index (κ3) is 3.54. The quantitative estimate of drug-likeness (QED) is 0.621. The van der Waals surface area contributed by atoms with Gasteiger partial charge >= 0.3 is 5.97 Å². The standard InChI is InChI=1S/C20H21FN4O3/c1-12(2)18-17(22-15-8-3-4-9-25(15)18)20(26)27-11-16-23-24-19(28-16)13-6-5-7-14(21)10-13/h5-7,10,12H,3-4,8-9,11H2,1-2H3. The summed E-state index contributed by atoms with van der Waals surface area (Å²) in [4.78, 5) is 17.2. The summed E-state index contributed by atoms with van der Waals surface area (Å²) in [6.45, 7) is 4.79. The Kier molecular flexibility index (Phi) is 4.93. The second kappa shape index (κ2) is 7.53. The molecule has 7 nitrogen and oxygen atoms in total. The summed E-state index contributed by atoms with van der Waals surface area (Å²) in [6, 6.07) is 5.85. The van der Waals surface area contributed by atoms with Gasteiger partial charge in [0.1, 0.15) is 11.6 Å². The van der Waals surface area contributed by atoms with Gasteiger partial charge in [0, 0.05) is 18.5 Å². The van der Waals surface area contributed by atoms with E-state index in [0.29, 0.717) is 11.3 Å². The molecule has 3 aromatic rings. The van der Waals surface area contributed by atoms with E-state index >= 15 is 0 Å². The highest BCUT2D eigenvalue weighted by Gasteiger charge is 2.27. The zero-order valence-electron chi connectivity index (χ0n) is 15.8. The van der Waals surface area contributed by atoms with Crippen LogP contribution >= 0.6 is 0 Å². The highest BCUT2D eigenvalue weighted by Crippen LogP contribution is 2.27. The van der Waals surface area contributed by atoms with Crippen LogP contribution in [0.15, 0.2) is 28.7 Å². The van der Waals surface area contributed by atoms with Crippen molar-refractivity contribution in [3.63, 3.8) is 0 Å². The van der Waals surface area contributed by atoms with Gasteiger partial charge in [-0.3, -0.25) is 0 Å². The summed E-state index contributed by atoms with van der Waals surface area (Å²) in [5, 5.41) is 7.75. The van der Waals surface area contributed by atoms with Gasteiger partial charge in [-0.1, -0.05) is 19.9 Å². The van der Waals surface area contributed by atoms with Gasteiger partial charge < -0.3 is 13.7 Å². The monoisotopic (exact) mass is 384 g/mol. The molecule has 8 heteroatoms. The minimum atomic E-state index is -0.504. The minimum Gasteiger partial charge on any atom is -0.451 e. The van der Waals surface area contributed by atoms with E-state index in [4.69, 9.17) is 9.15 Å². The van der Waals surface area contributed by atoms with Gasteiger partial charge in [0.15, 0.2) is 12.3 Å². The van der Waals surface area contributed by atoms with Crippen molar-refractivity contribution in [1.82, 2.24) is 19.7 Å². The highest BCUT2D eigenvalue weighted by molar-refractivity contribution is 5.89. The number of fused-ring (bicyclic) bond motifs is 1. The van der Waals surface area contributed by atoms with Crippen molar-refractivity contribution in [2.45, 2.75) is 52.2 Å². The predicted octanol–water partition coefficient (Wildman–Crippen LogP) is 3.89. The van der Waals surface area contributed by atoms with Crippen LogP contribution in [-0.4, -0.2) is 25.7 Å². The van der Waals surface area contributed by atoms with E-state index in [-0.39, 0.29) is 24.3 Å². The molecule has 0 unspecified atom stereocenters. The van der Waals surface area contributed by atoms with Crippen molar-refractivity contribution >= 4 is 5.97 Å². The molecule has 28 heavy (non-hydrogen) atoms. The number of benzene rings is 1. The van der Waals surface area contributed by atoms with Crippen LogP contribution in [0.2, 0.25) is 0 Å². The lowest BCUT2D eigenvalue weighted by Gasteiger charge is -2.18. The first kappa shape index (κ1) is 18.3. The average Bonchev–Trinajstić information content (AvgIpc) is 3.31. The Balaban J connectivity index is 1.49. The molecule has 146 valence electrons. The molecule has 0 saturated heterocycles. The van der Waals surface area contributed by atoms with Crippen LogP contribution in [0.5, 0.6) is 0 Å². The summed E-state index contributed by atoms with van der Waals surface area (Å²) in [5.41, 5.74) is 1.73. The van der Waals surface area contributed by atoms with E-state index in [1.165, 1.54) is 12.1 Å². The van der Waals surface area contributed by atoms with E-state index in [9.17, 15) is 9.18 Å². The Morgan fingerprint density at radius 2 is 2.18 bits per heavy atom. The number of hydrogen-bond acceptors (Lipinski definition) is 6. The average molecular weight is 384 g/mol. The third-order valence-corrected chi connectivity index (χ3v) is 4.72. The SMILES string of the molecule is CC(C)c1c(C(=O)OCc2nnc(-c3cccc(F)c3)o2)nc2n1CCCC2. The van der Waals surface area contributed by atoms with Gasteiger partial charge in [-0.2, -0.15) is 0 Å². The van der Waals surface area contributed by atoms with Crippen molar-refractivity contribution in [2.75, 3.05) is 0 Å². The normalized spacial score (nSPS) is 13.6. The Hall–Kier alpha value is -3.03. The van der Waals surface area contributed by atoms with Crippen molar-refractivity contribution in [2.24, 2.45) is 0 Å². The summed E-state index contributed by atoms with van der Waals surface area (Å²) in [5.74, 6) is 0.510. The van der Waals surface area contributed by atoms with Crippen LogP contribution in [0.3, 0.4) is 0 Å². The summed E-state index contributed by atoms with van der Waals surface area (Å²) in [7, 11) is 0. The Labute approximate surface area is 161 Å². The van der Waals surface area contributed by atoms with E-state index in [0.717, 1.165) is 37.3 Å². The van der Waals surface area contributed by atoms with Crippen LogP contribution in [0.4, 0.5) is 4.39 Å². The van der Waals surface area contributed by atoms with E-state index in [1.54, 1.807) is 12.1 Å². The maximum absolute atomic E-state index is 13.3. The summed E-state index contributed by atoms with van der Waals surface area (Å²) in [6.07, 6.45) is 3.03. The van der Waals surface area contributed by atoms with Gasteiger partial charge in [0.25, 0.3) is 5.89 Å². The molecule has 0 amide bonds. The molecule has 2 aromatic heterocycles. The summed E-state index contributed by atoms with van der Waals surface area (Å²) < 4.78 is 26.3. The number of aromatic nitrogens is 4. The smallest absolute Gasteiger partial charge is 0.359 e. The molecule has 3 heterocycles. The number of carbonyl (C=O) groups excluding carboxylic acids is 1. The molecule has 4 rings (SSSR count). The molecular formula is C20H21FN4O3. The third-order valence-electron chi connectivity index (χ3n) is 4.72. The lowest BCUT2D eigenvalue weighted by atomic mass is 10.1. The molecule has 0 atom stereocenters. The van der Waals surface area contributed by atoms with E-state index < -0.39 is 11.8 Å². The molecule has 0 radical (unpaired) electrons. The largest absolute Gasteiger partial charge is 0.451 e. The molecule has 0 aliphatic carbocycles. The van der Waals surface area contributed by atoms with Crippen LogP contribution in [0.1, 0.15) is 60.5 Å². The number of aryl methyl sites for hydroxylation is 1. The van der Waals surface area contributed by atoms with Crippen molar-refractivity contribution < 1.29 is 18.3 Å². The number of carbonyl (C=O) groups is 1. The Bertz CT molecular complexity index is 1010. The van der Waals surface area contributed by atoms with Gasteiger partial charge in [0.05, 0.1) is 5.69 Å². The molecule has 0 bridgehead atoms. The number of ether oxygens (including phenoxy) is 1. The number of hydrogen-bond donors (Lipinski definition) is 0. The van der Waals surface area contributed by atoms with Crippen molar-refractivity contribution in [1.29, 1.82) is 0 Å². The van der Waals surface area contributed by atoms with Crippen LogP contribution < -0.4 is 0 Å². The maximum atomic E-state index is 13.3. The molecular weight excluding hydrogens is 363 g/mol. The van der Waals surface area contributed by atoms with Crippen LogP contribution in [0, 0.1) is 5.82 Å². The lowest BCUT2D eigenvalue weighted by Crippen LogP contribution is -2.15. The molecule has 0 spiro atoms. The topological polar surface area (TPSA) is 83.0 Å².